The maximum atomic E-state index is 13.9. The Morgan fingerprint density at radius 3 is 2.28 bits per heavy atom. The van der Waals surface area contributed by atoms with E-state index in [4.69, 9.17) is 14.3 Å². The van der Waals surface area contributed by atoms with Gasteiger partial charge in [-0.2, -0.15) is 16.6 Å². The number of hydrogen-bond donors (Lipinski definition) is 4. The van der Waals surface area contributed by atoms with Gasteiger partial charge < -0.3 is 30.3 Å². The van der Waals surface area contributed by atoms with Crippen LogP contribution < -0.4 is 25.2 Å². The minimum Gasteiger partial charge on any atom is -0.394 e. The molecule has 3 aliphatic rings. The highest BCUT2D eigenvalue weighted by atomic mass is 32.2. The molecule has 2 saturated heterocycles. The average Bonchev–Trinajstić information content (AvgIpc) is 3.71. The molecule has 4 N–H and O–H groups in total. The minimum absolute atomic E-state index is 0.0536. The van der Waals surface area contributed by atoms with Gasteiger partial charge in [0.25, 0.3) is 11.8 Å². The standard InChI is InChI=1S/C30H43F2N5O5S/c1-20-15-22(17-23(16-20)36-11-7-30(31,32)8-12-36)34-28(40)24-18-25(33-21(2)39)26(35-43-42-41-14-13-38)19-27(24)37-9-5-29(3-4-29)6-10-37/h15-19,35,38H,3-14H2,1-2H3,43H4,(H,33,39)(H,34,40). The molecule has 3 fully saturated rings. The Morgan fingerprint density at radius 2 is 1.63 bits per heavy atom. The van der Waals surface area contributed by atoms with Gasteiger partial charge in [0, 0.05) is 57.3 Å². The van der Waals surface area contributed by atoms with Crippen LogP contribution in [0.2, 0.25) is 0 Å². The van der Waals surface area contributed by atoms with Gasteiger partial charge in [0.15, 0.2) is 0 Å². The summed E-state index contributed by atoms with van der Waals surface area (Å²) in [6.45, 7) is 5.34. The van der Waals surface area contributed by atoms with Crippen LogP contribution in [0.4, 0.5) is 37.2 Å². The highest BCUT2D eigenvalue weighted by Gasteiger charge is 2.44. The van der Waals surface area contributed by atoms with E-state index in [2.05, 4.69) is 20.3 Å². The van der Waals surface area contributed by atoms with Gasteiger partial charge in [0.05, 0.1) is 29.2 Å². The van der Waals surface area contributed by atoms with Crippen LogP contribution >= 0.6 is 12.2 Å². The van der Waals surface area contributed by atoms with Crippen LogP contribution in [0.15, 0.2) is 30.3 Å². The summed E-state index contributed by atoms with van der Waals surface area (Å²) in [4.78, 5) is 35.2. The third-order valence-corrected chi connectivity index (χ3v) is 9.38. The van der Waals surface area contributed by atoms with Crippen LogP contribution in [0.5, 0.6) is 0 Å². The smallest absolute Gasteiger partial charge is 0.257 e. The number of hydrogen-bond acceptors (Lipinski definition) is 8. The van der Waals surface area contributed by atoms with E-state index in [9.17, 15) is 18.4 Å². The van der Waals surface area contributed by atoms with Crippen LogP contribution in [-0.2, 0) is 14.0 Å². The lowest BCUT2D eigenvalue weighted by Crippen LogP contribution is -2.39. The molecular formula is C30H43F2N5O5S. The lowest BCUT2D eigenvalue weighted by molar-refractivity contribution is -0.196. The quantitative estimate of drug-likeness (QED) is 0.162. The lowest BCUT2D eigenvalue weighted by atomic mass is 9.92. The van der Waals surface area contributed by atoms with E-state index >= 15 is 0 Å². The number of aryl methyl sites for hydroxylation is 1. The Morgan fingerprint density at radius 1 is 0.930 bits per heavy atom. The summed E-state index contributed by atoms with van der Waals surface area (Å²) in [7, 11) is 0. The van der Waals surface area contributed by atoms with E-state index in [0.717, 1.165) is 42.9 Å². The van der Waals surface area contributed by atoms with Gasteiger partial charge >= 0.3 is 0 Å². The van der Waals surface area contributed by atoms with E-state index < -0.39 is 18.2 Å². The van der Waals surface area contributed by atoms with Gasteiger partial charge in [-0.1, -0.05) is 0 Å². The fraction of sp³-hybridized carbons (Fsp3) is 0.533. The summed E-state index contributed by atoms with van der Waals surface area (Å²) >= 11 is -1.43. The zero-order chi connectivity index (χ0) is 30.6. The highest BCUT2D eigenvalue weighted by Crippen LogP contribution is 2.54. The average molecular weight is 624 g/mol. The molecule has 0 unspecified atom stereocenters. The van der Waals surface area contributed by atoms with Gasteiger partial charge in [-0.25, -0.2) is 13.7 Å². The molecule has 2 aromatic carbocycles. The summed E-state index contributed by atoms with van der Waals surface area (Å²) in [5.74, 6) is -3.26. The summed E-state index contributed by atoms with van der Waals surface area (Å²) in [5, 5.41) is 14.8. The molecule has 5 rings (SSSR count). The molecule has 238 valence electrons. The SMILES string of the molecule is CC(=O)Nc1cc(C(=O)Nc2cc(C)cc(N3CCC(F)(F)CC3)c2)c(N2CCC3(CC2)CC3)cc1N[SH4]OOCCO. The number of alkyl halides is 2. The number of amides is 2. The maximum Gasteiger partial charge on any atom is 0.257 e. The molecule has 1 saturated carbocycles. The summed E-state index contributed by atoms with van der Waals surface area (Å²) in [5.41, 5.74) is 4.94. The maximum absolute atomic E-state index is 13.9. The van der Waals surface area contributed by atoms with Crippen LogP contribution in [0, 0.1) is 12.3 Å². The number of benzene rings is 2. The molecule has 2 aromatic rings. The molecule has 2 aliphatic heterocycles. The Hall–Kier alpha value is -3.13. The van der Waals surface area contributed by atoms with Gasteiger partial charge in [-0.15, -0.1) is 0 Å². The number of aliphatic hydroxyl groups excluding tert-OH is 1. The topological polar surface area (TPSA) is 115 Å². The highest BCUT2D eigenvalue weighted by molar-refractivity contribution is 7.95. The van der Waals surface area contributed by atoms with Crippen molar-refractivity contribution in [1.29, 1.82) is 0 Å². The second-order valence-corrected chi connectivity index (χ2v) is 12.8. The zero-order valence-corrected chi connectivity index (χ0v) is 26.2. The number of nitrogens with one attached hydrogen (secondary N) is 3. The largest absolute Gasteiger partial charge is 0.394 e. The van der Waals surface area contributed by atoms with Gasteiger partial charge in [-0.05, 0) is 73.9 Å². The Bertz CT molecular complexity index is 1320. The molecule has 0 radical (unpaired) electrons. The number of aliphatic hydroxyl groups is 1. The van der Waals surface area contributed by atoms with E-state index in [-0.39, 0.29) is 51.0 Å². The van der Waals surface area contributed by atoms with Crippen molar-refractivity contribution in [1.82, 2.24) is 0 Å². The van der Waals surface area contributed by atoms with Crippen molar-refractivity contribution >= 4 is 52.5 Å². The van der Waals surface area contributed by atoms with E-state index in [0.29, 0.717) is 28.0 Å². The summed E-state index contributed by atoms with van der Waals surface area (Å²) < 4.78 is 36.0. The first kappa shape index (κ1) is 31.3. The number of rotatable bonds is 11. The van der Waals surface area contributed by atoms with Crippen molar-refractivity contribution in [3.8, 4) is 0 Å². The van der Waals surface area contributed by atoms with Crippen molar-refractivity contribution in [3.63, 3.8) is 0 Å². The fourth-order valence-electron chi connectivity index (χ4n) is 5.92. The number of nitrogens with zero attached hydrogens (tertiary/aromatic N) is 2. The fourth-order valence-corrected chi connectivity index (χ4v) is 6.63. The Kier molecular flexibility index (Phi) is 9.64. The van der Waals surface area contributed by atoms with Crippen LogP contribution in [0.1, 0.15) is 61.4 Å². The van der Waals surface area contributed by atoms with Crippen LogP contribution in [0.3, 0.4) is 0 Å². The molecule has 0 bridgehead atoms. The van der Waals surface area contributed by atoms with E-state index in [1.807, 2.05) is 36.1 Å². The van der Waals surface area contributed by atoms with Crippen molar-refractivity contribution in [2.24, 2.45) is 5.41 Å². The van der Waals surface area contributed by atoms with Gasteiger partial charge in [0.2, 0.25) is 5.91 Å². The predicted octanol–water partition coefficient (Wildman–Crippen LogP) is 4.67. The molecule has 13 heteroatoms. The van der Waals surface area contributed by atoms with Crippen molar-refractivity contribution in [2.75, 3.05) is 64.5 Å². The molecule has 43 heavy (non-hydrogen) atoms. The zero-order valence-electron chi connectivity index (χ0n) is 24.8. The van der Waals surface area contributed by atoms with Gasteiger partial charge in [0.1, 0.15) is 6.61 Å². The molecule has 1 aliphatic carbocycles. The first-order chi connectivity index (χ1) is 20.6. The third kappa shape index (κ3) is 8.08. The van der Waals surface area contributed by atoms with Crippen LogP contribution in [-0.4, -0.2) is 62.2 Å². The number of piperidine rings is 2. The molecule has 2 heterocycles. The summed E-state index contributed by atoms with van der Waals surface area (Å²) in [6.07, 6.45) is 4.24. The Balaban J connectivity index is 1.42. The second-order valence-electron chi connectivity index (χ2n) is 11.9. The Labute approximate surface area is 254 Å². The molecule has 0 aromatic heterocycles. The normalized spacial score (nSPS) is 18.9. The van der Waals surface area contributed by atoms with Crippen LogP contribution in [0.25, 0.3) is 0 Å². The number of carbonyl (C=O) groups excluding carboxylic acids is 2. The third-order valence-electron chi connectivity index (χ3n) is 8.57. The van der Waals surface area contributed by atoms with Crippen molar-refractivity contribution in [3.05, 3.63) is 41.5 Å². The monoisotopic (exact) mass is 623 g/mol. The molecule has 0 atom stereocenters. The predicted molar refractivity (Wildman–Crippen MR) is 170 cm³/mol. The first-order valence-corrected chi connectivity index (χ1v) is 16.2. The lowest BCUT2D eigenvalue weighted by Gasteiger charge is -2.35. The first-order valence-electron chi connectivity index (χ1n) is 14.9. The number of halogens is 2. The number of anilines is 5. The molecule has 1 spiro atoms. The van der Waals surface area contributed by atoms with E-state index in [1.165, 1.54) is 19.8 Å². The second kappa shape index (κ2) is 13.2. The van der Waals surface area contributed by atoms with Crippen molar-refractivity contribution < 1.29 is 32.7 Å². The van der Waals surface area contributed by atoms with Gasteiger partial charge in [-0.3, -0.25) is 9.59 Å². The molecule has 10 nitrogen and oxygen atoms in total. The summed E-state index contributed by atoms with van der Waals surface area (Å²) in [6, 6.07) is 9.19. The number of carbonyl (C=O) groups is 2. The molecule has 2 amide bonds. The molecular weight excluding hydrogens is 580 g/mol. The van der Waals surface area contributed by atoms with Crippen molar-refractivity contribution in [2.45, 2.75) is 58.3 Å². The minimum atomic E-state index is -2.64. The van der Waals surface area contributed by atoms with E-state index in [1.54, 1.807) is 6.07 Å².